The normalized spacial score (nSPS) is 17.6. The number of nitrogens with zero attached hydrogens (tertiary/aromatic N) is 2. The van der Waals surface area contributed by atoms with Crippen LogP contribution in [0.1, 0.15) is 22.9 Å². The number of ether oxygens (including phenoxy) is 2. The van der Waals surface area contributed by atoms with Crippen LogP contribution in [0.5, 0.6) is 11.5 Å². The topological polar surface area (TPSA) is 102 Å². The number of halogens is 1. The number of methoxy groups -OCH3 is 2. The predicted octanol–water partition coefficient (Wildman–Crippen LogP) is 3.97. The quantitative estimate of drug-likeness (QED) is 0.341. The van der Waals surface area contributed by atoms with Crippen LogP contribution in [0.15, 0.2) is 65.0 Å². The third kappa shape index (κ3) is 3.69. The van der Waals surface area contributed by atoms with E-state index in [0.717, 1.165) is 0 Å². The first-order valence-electron chi connectivity index (χ1n) is 9.58. The van der Waals surface area contributed by atoms with E-state index in [0.29, 0.717) is 17.1 Å². The standard InChI is InChI=1S/C23H19ClN2O6/c1-30-17-10-18(31-2)16(24)9-15(17)21(27)19-20(13-5-3-7-25-11-13)26(23(29)22(19)28)12-14-6-4-8-32-14/h3-11,20,27H,12H2,1-2H3/b21-19+. The van der Waals surface area contributed by atoms with E-state index in [1.807, 2.05) is 0 Å². The molecule has 1 aliphatic heterocycles. The van der Waals surface area contributed by atoms with Gasteiger partial charge in [0, 0.05) is 18.5 Å². The minimum atomic E-state index is -0.889. The lowest BCUT2D eigenvalue weighted by Gasteiger charge is -2.24. The van der Waals surface area contributed by atoms with Gasteiger partial charge in [-0.2, -0.15) is 0 Å². The number of carbonyl (C=O) groups excluding carboxylic acids is 2. The zero-order chi connectivity index (χ0) is 22.8. The Balaban J connectivity index is 1.91. The summed E-state index contributed by atoms with van der Waals surface area (Å²) in [5, 5.41) is 11.4. The molecule has 9 heteroatoms. The first-order valence-corrected chi connectivity index (χ1v) is 9.96. The van der Waals surface area contributed by atoms with Gasteiger partial charge >= 0.3 is 0 Å². The van der Waals surface area contributed by atoms with Crippen molar-refractivity contribution in [1.82, 2.24) is 9.88 Å². The molecule has 1 saturated heterocycles. The first kappa shape index (κ1) is 21.5. The average Bonchev–Trinajstić information content (AvgIpc) is 3.41. The molecule has 3 heterocycles. The number of aliphatic hydroxyl groups excluding tert-OH is 1. The summed E-state index contributed by atoms with van der Waals surface area (Å²) < 4.78 is 15.9. The van der Waals surface area contributed by atoms with Crippen molar-refractivity contribution in [1.29, 1.82) is 0 Å². The van der Waals surface area contributed by atoms with Gasteiger partial charge in [0.2, 0.25) is 0 Å². The number of furan rings is 1. The van der Waals surface area contributed by atoms with Crippen molar-refractivity contribution in [2.45, 2.75) is 12.6 Å². The second-order valence-corrected chi connectivity index (χ2v) is 7.39. The maximum absolute atomic E-state index is 13.1. The average molecular weight is 455 g/mol. The lowest BCUT2D eigenvalue weighted by Crippen LogP contribution is -2.29. The number of likely N-dealkylation sites (tertiary alicyclic amines) is 1. The highest BCUT2D eigenvalue weighted by Gasteiger charge is 2.46. The second kappa shape index (κ2) is 8.76. The van der Waals surface area contributed by atoms with Gasteiger partial charge in [-0.05, 0) is 29.8 Å². The Morgan fingerprint density at radius 3 is 2.59 bits per heavy atom. The number of Topliss-reactive ketones (excluding diaryl/α,β-unsaturated/α-hetero) is 1. The Morgan fingerprint density at radius 1 is 1.19 bits per heavy atom. The molecule has 1 N–H and O–H groups in total. The molecule has 1 fully saturated rings. The molecule has 4 rings (SSSR count). The van der Waals surface area contributed by atoms with E-state index in [-0.39, 0.29) is 28.5 Å². The summed E-state index contributed by atoms with van der Waals surface area (Å²) in [5.74, 6) is -0.966. The molecule has 0 saturated carbocycles. The first-order chi connectivity index (χ1) is 15.5. The maximum atomic E-state index is 13.1. The summed E-state index contributed by atoms with van der Waals surface area (Å²) in [5.41, 5.74) is 0.607. The molecule has 1 aromatic carbocycles. The van der Waals surface area contributed by atoms with Gasteiger partial charge in [-0.1, -0.05) is 17.7 Å². The molecule has 0 bridgehead atoms. The zero-order valence-electron chi connectivity index (χ0n) is 17.2. The zero-order valence-corrected chi connectivity index (χ0v) is 18.0. The number of aliphatic hydroxyl groups is 1. The highest BCUT2D eigenvalue weighted by atomic mass is 35.5. The Kier molecular flexibility index (Phi) is 5.87. The van der Waals surface area contributed by atoms with Gasteiger partial charge in [0.1, 0.15) is 23.0 Å². The van der Waals surface area contributed by atoms with Crippen LogP contribution in [-0.4, -0.2) is 40.9 Å². The molecule has 164 valence electrons. The number of benzene rings is 1. The van der Waals surface area contributed by atoms with E-state index in [1.165, 1.54) is 43.7 Å². The van der Waals surface area contributed by atoms with E-state index in [2.05, 4.69) is 4.98 Å². The Bertz CT molecular complexity index is 1190. The minimum absolute atomic E-state index is 0.0361. The molecule has 2 aromatic heterocycles. The monoisotopic (exact) mass is 454 g/mol. The van der Waals surface area contributed by atoms with Crippen LogP contribution in [0.4, 0.5) is 0 Å². The Labute approximate surface area is 188 Å². The molecule has 0 spiro atoms. The van der Waals surface area contributed by atoms with Crippen molar-refractivity contribution in [3.05, 3.63) is 82.5 Å². The summed E-state index contributed by atoms with van der Waals surface area (Å²) in [6.07, 6.45) is 4.60. The molecule has 1 aliphatic rings. The fourth-order valence-electron chi connectivity index (χ4n) is 3.69. The predicted molar refractivity (Wildman–Crippen MR) is 115 cm³/mol. The van der Waals surface area contributed by atoms with E-state index < -0.39 is 23.5 Å². The Morgan fingerprint density at radius 2 is 1.97 bits per heavy atom. The number of hydrogen-bond donors (Lipinski definition) is 1. The number of pyridine rings is 1. The van der Waals surface area contributed by atoms with Gasteiger partial charge in [0.05, 0.1) is 49.2 Å². The van der Waals surface area contributed by atoms with Crippen LogP contribution in [0.3, 0.4) is 0 Å². The minimum Gasteiger partial charge on any atom is -0.507 e. The van der Waals surface area contributed by atoms with Gasteiger partial charge in [-0.25, -0.2) is 0 Å². The van der Waals surface area contributed by atoms with Crippen molar-refractivity contribution < 1.29 is 28.6 Å². The SMILES string of the molecule is COc1cc(OC)c(/C(O)=C2\C(=O)C(=O)N(Cc3ccco3)C2c2cccnc2)cc1Cl. The third-order valence-corrected chi connectivity index (χ3v) is 5.47. The molecule has 1 amide bonds. The van der Waals surface area contributed by atoms with Crippen LogP contribution in [0.25, 0.3) is 5.76 Å². The van der Waals surface area contributed by atoms with E-state index in [4.69, 9.17) is 25.5 Å². The van der Waals surface area contributed by atoms with Crippen LogP contribution in [0, 0.1) is 0 Å². The van der Waals surface area contributed by atoms with Crippen LogP contribution in [0.2, 0.25) is 5.02 Å². The summed E-state index contributed by atoms with van der Waals surface area (Å²) in [4.78, 5) is 31.5. The van der Waals surface area contributed by atoms with E-state index in [1.54, 1.807) is 30.5 Å². The molecule has 1 atom stereocenters. The van der Waals surface area contributed by atoms with Crippen molar-refractivity contribution in [2.75, 3.05) is 14.2 Å². The number of aromatic nitrogens is 1. The van der Waals surface area contributed by atoms with Gasteiger partial charge in [0.15, 0.2) is 0 Å². The van der Waals surface area contributed by atoms with Crippen molar-refractivity contribution in [3.63, 3.8) is 0 Å². The highest BCUT2D eigenvalue weighted by Crippen LogP contribution is 2.43. The number of hydrogen-bond acceptors (Lipinski definition) is 7. The lowest BCUT2D eigenvalue weighted by molar-refractivity contribution is -0.140. The van der Waals surface area contributed by atoms with E-state index in [9.17, 15) is 14.7 Å². The summed E-state index contributed by atoms with van der Waals surface area (Å²) in [6.45, 7) is 0.0361. The number of ketones is 1. The summed E-state index contributed by atoms with van der Waals surface area (Å²) >= 11 is 6.25. The number of carbonyl (C=O) groups is 2. The van der Waals surface area contributed by atoms with E-state index >= 15 is 0 Å². The third-order valence-electron chi connectivity index (χ3n) is 5.18. The van der Waals surface area contributed by atoms with Gasteiger partial charge in [-0.15, -0.1) is 0 Å². The summed E-state index contributed by atoms with van der Waals surface area (Å²) in [6, 6.07) is 8.84. The fraction of sp³-hybridized carbons (Fsp3) is 0.174. The smallest absolute Gasteiger partial charge is 0.296 e. The van der Waals surface area contributed by atoms with Gasteiger partial charge in [-0.3, -0.25) is 14.6 Å². The molecule has 8 nitrogen and oxygen atoms in total. The van der Waals surface area contributed by atoms with Crippen molar-refractivity contribution in [3.8, 4) is 11.5 Å². The molecule has 3 aromatic rings. The van der Waals surface area contributed by atoms with Crippen molar-refractivity contribution >= 4 is 29.1 Å². The number of amides is 1. The molecule has 1 unspecified atom stereocenters. The molecule has 32 heavy (non-hydrogen) atoms. The molecule has 0 aliphatic carbocycles. The summed E-state index contributed by atoms with van der Waals surface area (Å²) in [7, 11) is 2.86. The van der Waals surface area contributed by atoms with Crippen molar-refractivity contribution in [2.24, 2.45) is 0 Å². The fourth-order valence-corrected chi connectivity index (χ4v) is 3.93. The van der Waals surface area contributed by atoms with Crippen LogP contribution >= 0.6 is 11.6 Å². The highest BCUT2D eigenvalue weighted by molar-refractivity contribution is 6.46. The molecular formula is C23H19ClN2O6. The second-order valence-electron chi connectivity index (χ2n) is 6.98. The van der Waals surface area contributed by atoms with Crippen LogP contribution in [-0.2, 0) is 16.1 Å². The van der Waals surface area contributed by atoms with Crippen LogP contribution < -0.4 is 9.47 Å². The lowest BCUT2D eigenvalue weighted by atomic mass is 9.96. The Hall–Kier alpha value is -3.78. The maximum Gasteiger partial charge on any atom is 0.296 e. The largest absolute Gasteiger partial charge is 0.507 e. The molecule has 0 radical (unpaired) electrons. The van der Waals surface area contributed by atoms with Gasteiger partial charge in [0.25, 0.3) is 11.7 Å². The molecular weight excluding hydrogens is 436 g/mol. The van der Waals surface area contributed by atoms with Gasteiger partial charge < -0.3 is 23.9 Å². The number of rotatable bonds is 6.